The van der Waals surface area contributed by atoms with Gasteiger partial charge in [0.1, 0.15) is 17.6 Å². The lowest BCUT2D eigenvalue weighted by Crippen LogP contribution is -2.11. The summed E-state index contributed by atoms with van der Waals surface area (Å²) in [7, 11) is 0. The highest BCUT2D eigenvalue weighted by Crippen LogP contribution is 2.23. The first kappa shape index (κ1) is 16.7. The number of ether oxygens (including phenoxy) is 1. The third-order valence-electron chi connectivity index (χ3n) is 4.03. The first-order valence-electron chi connectivity index (χ1n) is 8.23. The fourth-order valence-electron chi connectivity index (χ4n) is 2.65. The van der Waals surface area contributed by atoms with Crippen LogP contribution in [0.4, 0.5) is 0 Å². The molecule has 6 heteroatoms. The molecule has 0 N–H and O–H groups in total. The molecule has 2 aromatic carbocycles. The van der Waals surface area contributed by atoms with Gasteiger partial charge in [0, 0.05) is 12.3 Å². The van der Waals surface area contributed by atoms with Crippen LogP contribution in [0.25, 0.3) is 22.1 Å². The maximum absolute atomic E-state index is 12.7. The van der Waals surface area contributed by atoms with Crippen LogP contribution in [0.2, 0.25) is 0 Å². The van der Waals surface area contributed by atoms with Gasteiger partial charge in [-0.15, -0.1) is 0 Å². The van der Waals surface area contributed by atoms with Gasteiger partial charge in [-0.1, -0.05) is 30.3 Å². The molecule has 0 aliphatic heterocycles. The molecule has 6 nitrogen and oxygen atoms in total. The molecule has 4 rings (SSSR count). The van der Waals surface area contributed by atoms with Crippen LogP contribution in [0.5, 0.6) is 5.75 Å². The van der Waals surface area contributed by atoms with Crippen molar-refractivity contribution in [3.8, 4) is 16.9 Å². The number of carbonyl (C=O) groups is 1. The minimum atomic E-state index is -0.634. The summed E-state index contributed by atoms with van der Waals surface area (Å²) in [5, 5.41) is 0.409. The quantitative estimate of drug-likeness (QED) is 0.409. The van der Waals surface area contributed by atoms with E-state index in [9.17, 15) is 9.59 Å². The van der Waals surface area contributed by atoms with E-state index < -0.39 is 5.97 Å². The normalized spacial score (nSPS) is 10.7. The minimum absolute atomic E-state index is 0.0987. The van der Waals surface area contributed by atoms with Crippen LogP contribution < -0.4 is 10.2 Å². The summed E-state index contributed by atoms with van der Waals surface area (Å²) in [5.41, 5.74) is 2.24. The minimum Gasteiger partial charge on any atom is -0.463 e. The maximum atomic E-state index is 12.7. The second-order valence-electron chi connectivity index (χ2n) is 5.94. The zero-order valence-corrected chi connectivity index (χ0v) is 14.4. The van der Waals surface area contributed by atoms with Crippen LogP contribution >= 0.6 is 0 Å². The molecule has 0 bridgehead atoms. The molecule has 0 fully saturated rings. The van der Waals surface area contributed by atoms with Crippen molar-refractivity contribution in [3.63, 3.8) is 0 Å². The van der Waals surface area contributed by atoms with E-state index in [2.05, 4.69) is 9.97 Å². The Labute approximate surface area is 154 Å². The van der Waals surface area contributed by atoms with Crippen molar-refractivity contribution in [2.24, 2.45) is 0 Å². The Hall–Kier alpha value is -3.80. The summed E-state index contributed by atoms with van der Waals surface area (Å²) in [6.45, 7) is 1.77. The monoisotopic (exact) mass is 358 g/mol. The number of rotatable bonds is 3. The Morgan fingerprint density at radius 1 is 1.04 bits per heavy atom. The number of hydrogen-bond donors (Lipinski definition) is 0. The van der Waals surface area contributed by atoms with Crippen LogP contribution in [0, 0.1) is 6.92 Å². The van der Waals surface area contributed by atoms with Crippen LogP contribution in [0.3, 0.4) is 0 Å². The lowest BCUT2D eigenvalue weighted by molar-refractivity contribution is 0.0728. The number of benzene rings is 2. The van der Waals surface area contributed by atoms with Crippen LogP contribution in [-0.2, 0) is 0 Å². The van der Waals surface area contributed by atoms with Crippen molar-refractivity contribution in [2.75, 3.05) is 0 Å². The molecular weight excluding hydrogens is 344 g/mol. The standard InChI is InChI=1S/C21H14N2O4/c1-13-10-23-18(11-22-13)21(25)27-15-7-8-16-19(9-15)26-12-17(20(16)24)14-5-3-2-4-6-14/h2-12H,1H3. The number of nitrogens with zero attached hydrogens (tertiary/aromatic N) is 2. The van der Waals surface area contributed by atoms with Crippen molar-refractivity contribution in [3.05, 3.63) is 88.8 Å². The van der Waals surface area contributed by atoms with Crippen molar-refractivity contribution in [1.82, 2.24) is 9.97 Å². The van der Waals surface area contributed by atoms with Gasteiger partial charge in [0.2, 0.25) is 0 Å². The molecule has 4 aromatic rings. The first-order chi connectivity index (χ1) is 13.1. The smallest absolute Gasteiger partial charge is 0.363 e. The number of esters is 1. The molecule has 27 heavy (non-hydrogen) atoms. The molecule has 132 valence electrons. The molecule has 2 aromatic heterocycles. The summed E-state index contributed by atoms with van der Waals surface area (Å²) in [6, 6.07) is 13.9. The Morgan fingerprint density at radius 3 is 2.59 bits per heavy atom. The molecule has 0 amide bonds. The Kier molecular flexibility index (Phi) is 4.22. The topological polar surface area (TPSA) is 82.3 Å². The van der Waals surface area contributed by atoms with E-state index in [0.717, 1.165) is 5.56 Å². The van der Waals surface area contributed by atoms with Gasteiger partial charge in [0.05, 0.1) is 22.8 Å². The van der Waals surface area contributed by atoms with E-state index in [1.165, 1.54) is 24.7 Å². The molecular formula is C21H14N2O4. The van der Waals surface area contributed by atoms with Crippen LogP contribution in [0.1, 0.15) is 16.2 Å². The van der Waals surface area contributed by atoms with Gasteiger partial charge in [-0.25, -0.2) is 9.78 Å². The molecule has 0 radical (unpaired) electrons. The summed E-state index contributed by atoms with van der Waals surface area (Å²) in [4.78, 5) is 32.9. The number of hydrogen-bond acceptors (Lipinski definition) is 6. The lowest BCUT2D eigenvalue weighted by atomic mass is 10.1. The zero-order chi connectivity index (χ0) is 18.8. The third-order valence-corrected chi connectivity index (χ3v) is 4.03. The third kappa shape index (κ3) is 3.32. The second-order valence-corrected chi connectivity index (χ2v) is 5.94. The second kappa shape index (κ2) is 6.84. The predicted octanol–water partition coefficient (Wildman–Crippen LogP) is 3.78. The number of fused-ring (bicyclic) bond motifs is 1. The van der Waals surface area contributed by atoms with Crippen LogP contribution in [0.15, 0.2) is 76.4 Å². The largest absolute Gasteiger partial charge is 0.463 e. The first-order valence-corrected chi connectivity index (χ1v) is 8.23. The zero-order valence-electron chi connectivity index (χ0n) is 14.4. The average Bonchev–Trinajstić information content (AvgIpc) is 2.69. The van der Waals surface area contributed by atoms with Crippen molar-refractivity contribution >= 4 is 16.9 Å². The molecule has 0 unspecified atom stereocenters. The molecule has 2 heterocycles. The molecule has 0 atom stereocenters. The van der Waals surface area contributed by atoms with E-state index in [4.69, 9.17) is 9.15 Å². The number of aryl methyl sites for hydroxylation is 1. The molecule has 0 saturated heterocycles. The number of aromatic nitrogens is 2. The Balaban J connectivity index is 1.66. The highest BCUT2D eigenvalue weighted by Gasteiger charge is 2.13. The highest BCUT2D eigenvalue weighted by atomic mass is 16.5. The molecule has 0 spiro atoms. The molecule has 0 aliphatic carbocycles. The average molecular weight is 358 g/mol. The molecule has 0 aliphatic rings. The summed E-state index contributed by atoms with van der Waals surface area (Å²) in [6.07, 6.45) is 4.25. The van der Waals surface area contributed by atoms with Gasteiger partial charge < -0.3 is 9.15 Å². The highest BCUT2D eigenvalue weighted by molar-refractivity contribution is 5.89. The van der Waals surface area contributed by atoms with Gasteiger partial charge in [0.15, 0.2) is 11.1 Å². The fraction of sp³-hybridized carbons (Fsp3) is 0.0476. The lowest BCUT2D eigenvalue weighted by Gasteiger charge is -2.06. The van der Waals surface area contributed by atoms with E-state index in [1.807, 2.05) is 30.3 Å². The summed E-state index contributed by atoms with van der Waals surface area (Å²) in [5.74, 6) is -0.379. The Bertz CT molecular complexity index is 1180. The van der Waals surface area contributed by atoms with E-state index in [1.54, 1.807) is 19.1 Å². The SMILES string of the molecule is Cc1cnc(C(=O)Oc2ccc3c(=O)c(-c4ccccc4)coc3c2)cn1. The molecule has 0 saturated carbocycles. The fourth-order valence-corrected chi connectivity index (χ4v) is 2.65. The van der Waals surface area contributed by atoms with E-state index in [-0.39, 0.29) is 16.9 Å². The van der Waals surface area contributed by atoms with Crippen molar-refractivity contribution in [1.29, 1.82) is 0 Å². The predicted molar refractivity (Wildman–Crippen MR) is 99.6 cm³/mol. The van der Waals surface area contributed by atoms with E-state index in [0.29, 0.717) is 22.2 Å². The van der Waals surface area contributed by atoms with E-state index >= 15 is 0 Å². The summed E-state index contributed by atoms with van der Waals surface area (Å²) >= 11 is 0. The summed E-state index contributed by atoms with van der Waals surface area (Å²) < 4.78 is 10.9. The number of carbonyl (C=O) groups excluding carboxylic acids is 1. The van der Waals surface area contributed by atoms with Crippen LogP contribution in [-0.4, -0.2) is 15.9 Å². The van der Waals surface area contributed by atoms with Gasteiger partial charge in [-0.05, 0) is 24.6 Å². The van der Waals surface area contributed by atoms with Gasteiger partial charge >= 0.3 is 5.97 Å². The van der Waals surface area contributed by atoms with Gasteiger partial charge in [-0.2, -0.15) is 0 Å². The van der Waals surface area contributed by atoms with Crippen molar-refractivity contribution in [2.45, 2.75) is 6.92 Å². The maximum Gasteiger partial charge on any atom is 0.363 e. The van der Waals surface area contributed by atoms with Gasteiger partial charge in [0.25, 0.3) is 0 Å². The van der Waals surface area contributed by atoms with Crippen molar-refractivity contribution < 1.29 is 13.9 Å². The Morgan fingerprint density at radius 2 is 1.85 bits per heavy atom. The van der Waals surface area contributed by atoms with Gasteiger partial charge in [-0.3, -0.25) is 9.78 Å².